The van der Waals surface area contributed by atoms with Gasteiger partial charge >= 0.3 is 0 Å². The monoisotopic (exact) mass is 279 g/mol. The summed E-state index contributed by atoms with van der Waals surface area (Å²) in [5, 5.41) is 12.4. The number of nitrogens with zero attached hydrogens (tertiary/aromatic N) is 4. The Morgan fingerprint density at radius 1 is 1.37 bits per heavy atom. The second kappa shape index (κ2) is 5.17. The number of tetrazole rings is 1. The van der Waals surface area contributed by atoms with Crippen molar-refractivity contribution in [3.8, 4) is 11.4 Å². The fourth-order valence-electron chi connectivity index (χ4n) is 1.78. The first-order valence-corrected chi connectivity index (χ1v) is 6.63. The first kappa shape index (κ1) is 13.8. The lowest BCUT2D eigenvalue weighted by atomic mass is 9.90. The van der Waals surface area contributed by atoms with Gasteiger partial charge in [0.05, 0.1) is 17.1 Å². The quantitative estimate of drug-likeness (QED) is 0.874. The molecule has 0 radical (unpaired) electrons. The molecule has 0 unspecified atom stereocenters. The van der Waals surface area contributed by atoms with Gasteiger partial charge in [-0.1, -0.05) is 38.4 Å². The smallest absolute Gasteiger partial charge is 0.185 e. The van der Waals surface area contributed by atoms with Crippen LogP contribution in [-0.2, 0) is 6.54 Å². The second-order valence-corrected chi connectivity index (χ2v) is 5.79. The summed E-state index contributed by atoms with van der Waals surface area (Å²) in [6, 6.07) is 5.40. The molecule has 0 aliphatic rings. The Balaban J connectivity index is 2.45. The van der Waals surface area contributed by atoms with Crippen molar-refractivity contribution >= 4 is 17.3 Å². The van der Waals surface area contributed by atoms with Crippen molar-refractivity contribution in [2.75, 3.05) is 5.73 Å². The van der Waals surface area contributed by atoms with Crippen molar-refractivity contribution in [3.05, 3.63) is 23.2 Å². The van der Waals surface area contributed by atoms with E-state index in [0.717, 1.165) is 13.0 Å². The Morgan fingerprint density at radius 2 is 2.11 bits per heavy atom. The van der Waals surface area contributed by atoms with E-state index in [0.29, 0.717) is 22.1 Å². The minimum Gasteiger partial charge on any atom is -0.398 e. The zero-order valence-corrected chi connectivity index (χ0v) is 12.1. The van der Waals surface area contributed by atoms with Crippen LogP contribution in [0.3, 0.4) is 0 Å². The van der Waals surface area contributed by atoms with Gasteiger partial charge in [-0.15, -0.1) is 5.10 Å². The van der Waals surface area contributed by atoms with Crippen LogP contribution < -0.4 is 5.73 Å². The highest BCUT2D eigenvalue weighted by Crippen LogP contribution is 2.32. The number of nitrogen functional groups attached to an aromatic ring is 1. The van der Waals surface area contributed by atoms with E-state index in [9.17, 15) is 0 Å². The molecule has 1 aromatic carbocycles. The maximum atomic E-state index is 6.21. The average molecular weight is 280 g/mol. The number of nitrogens with two attached hydrogens (primary N) is 1. The fourth-order valence-corrected chi connectivity index (χ4v) is 2.05. The molecule has 0 saturated carbocycles. The lowest BCUT2D eigenvalue weighted by Crippen LogP contribution is -2.20. The first-order valence-electron chi connectivity index (χ1n) is 6.25. The average Bonchev–Trinajstić information content (AvgIpc) is 2.76. The summed E-state index contributed by atoms with van der Waals surface area (Å²) in [5.74, 6) is 0.615. The van der Waals surface area contributed by atoms with Crippen molar-refractivity contribution < 1.29 is 0 Å². The summed E-state index contributed by atoms with van der Waals surface area (Å²) in [4.78, 5) is 0. The third kappa shape index (κ3) is 2.87. The van der Waals surface area contributed by atoms with Crippen LogP contribution in [0.1, 0.15) is 27.2 Å². The zero-order valence-electron chi connectivity index (χ0n) is 11.4. The van der Waals surface area contributed by atoms with Crippen molar-refractivity contribution in [3.63, 3.8) is 0 Å². The molecule has 0 saturated heterocycles. The van der Waals surface area contributed by atoms with Gasteiger partial charge in [0.1, 0.15) is 0 Å². The molecule has 0 aliphatic heterocycles. The Labute approximate surface area is 117 Å². The summed E-state index contributed by atoms with van der Waals surface area (Å²) < 4.78 is 1.76. The van der Waals surface area contributed by atoms with Crippen molar-refractivity contribution in [1.29, 1.82) is 0 Å². The molecule has 19 heavy (non-hydrogen) atoms. The van der Waals surface area contributed by atoms with Crippen LogP contribution in [-0.4, -0.2) is 20.2 Å². The first-order chi connectivity index (χ1) is 8.94. The Hall–Kier alpha value is -1.62. The number of halogens is 1. The highest BCUT2D eigenvalue weighted by molar-refractivity contribution is 6.33. The van der Waals surface area contributed by atoms with E-state index in [-0.39, 0.29) is 5.41 Å². The molecule has 2 N–H and O–H groups in total. The lowest BCUT2D eigenvalue weighted by Gasteiger charge is -2.22. The Morgan fingerprint density at radius 3 is 2.74 bits per heavy atom. The number of hydrogen-bond donors (Lipinski definition) is 1. The van der Waals surface area contributed by atoms with Gasteiger partial charge in [-0.05, 0) is 34.4 Å². The van der Waals surface area contributed by atoms with E-state index < -0.39 is 0 Å². The van der Waals surface area contributed by atoms with Gasteiger partial charge in [0.15, 0.2) is 5.82 Å². The Kier molecular flexibility index (Phi) is 3.75. The molecule has 1 heterocycles. The maximum absolute atomic E-state index is 6.21. The van der Waals surface area contributed by atoms with Crippen LogP contribution in [0.25, 0.3) is 11.4 Å². The summed E-state index contributed by atoms with van der Waals surface area (Å²) in [6.07, 6.45) is 1.03. The molecular formula is C13H18ClN5. The van der Waals surface area contributed by atoms with Crippen LogP contribution in [0.5, 0.6) is 0 Å². The van der Waals surface area contributed by atoms with Gasteiger partial charge in [0.25, 0.3) is 0 Å². The third-order valence-electron chi connectivity index (χ3n) is 3.34. The molecule has 0 aliphatic carbocycles. The number of anilines is 1. The number of benzene rings is 1. The van der Waals surface area contributed by atoms with Gasteiger partial charge in [-0.2, -0.15) is 0 Å². The molecule has 0 atom stereocenters. The fraction of sp³-hybridized carbons (Fsp3) is 0.462. The van der Waals surface area contributed by atoms with E-state index in [1.165, 1.54) is 0 Å². The molecule has 2 aromatic rings. The largest absolute Gasteiger partial charge is 0.398 e. The van der Waals surface area contributed by atoms with Crippen LogP contribution in [0.2, 0.25) is 5.02 Å². The van der Waals surface area contributed by atoms with Crippen molar-refractivity contribution in [2.45, 2.75) is 33.7 Å². The molecule has 0 spiro atoms. The second-order valence-electron chi connectivity index (χ2n) is 5.38. The van der Waals surface area contributed by atoms with Crippen LogP contribution in [0.15, 0.2) is 18.2 Å². The summed E-state index contributed by atoms with van der Waals surface area (Å²) in [6.45, 7) is 7.22. The molecule has 0 amide bonds. The third-order valence-corrected chi connectivity index (χ3v) is 3.65. The molecule has 5 nitrogen and oxygen atoms in total. The molecule has 0 fully saturated rings. The summed E-state index contributed by atoms with van der Waals surface area (Å²) in [7, 11) is 0. The topological polar surface area (TPSA) is 69.6 Å². The minimum atomic E-state index is 0.111. The van der Waals surface area contributed by atoms with E-state index in [1.54, 1.807) is 16.8 Å². The highest BCUT2D eigenvalue weighted by Gasteiger charge is 2.21. The van der Waals surface area contributed by atoms with Gasteiger partial charge < -0.3 is 5.73 Å². The van der Waals surface area contributed by atoms with E-state index in [1.807, 2.05) is 6.07 Å². The molecule has 2 rings (SSSR count). The number of hydrogen-bond acceptors (Lipinski definition) is 4. The van der Waals surface area contributed by atoms with Gasteiger partial charge in [-0.25, -0.2) is 4.68 Å². The van der Waals surface area contributed by atoms with Crippen LogP contribution in [0.4, 0.5) is 5.69 Å². The highest BCUT2D eigenvalue weighted by atomic mass is 35.5. The van der Waals surface area contributed by atoms with E-state index in [4.69, 9.17) is 17.3 Å². The van der Waals surface area contributed by atoms with Crippen LogP contribution in [0, 0.1) is 5.41 Å². The minimum absolute atomic E-state index is 0.111. The summed E-state index contributed by atoms with van der Waals surface area (Å²) in [5.41, 5.74) is 7.37. The standard InChI is InChI=1S/C13H18ClN5/c1-4-13(2,3)8-19-12(16-17-18-19)11-9(14)6-5-7-10(11)15/h5-7H,4,8,15H2,1-3H3. The van der Waals surface area contributed by atoms with Crippen molar-refractivity contribution in [1.82, 2.24) is 20.2 Å². The van der Waals surface area contributed by atoms with E-state index >= 15 is 0 Å². The normalized spacial score (nSPS) is 11.8. The molecule has 6 heteroatoms. The van der Waals surface area contributed by atoms with Gasteiger partial charge in [0, 0.05) is 5.69 Å². The predicted molar refractivity (Wildman–Crippen MR) is 76.7 cm³/mol. The molecule has 1 aromatic heterocycles. The molecule has 102 valence electrons. The molecular weight excluding hydrogens is 262 g/mol. The Bertz CT molecular complexity index is 556. The van der Waals surface area contributed by atoms with Gasteiger partial charge in [-0.3, -0.25) is 0 Å². The van der Waals surface area contributed by atoms with E-state index in [2.05, 4.69) is 36.3 Å². The lowest BCUT2D eigenvalue weighted by molar-refractivity contribution is 0.279. The van der Waals surface area contributed by atoms with Crippen LogP contribution >= 0.6 is 11.6 Å². The van der Waals surface area contributed by atoms with Gasteiger partial charge in [0.2, 0.25) is 0 Å². The number of aromatic nitrogens is 4. The summed E-state index contributed by atoms with van der Waals surface area (Å²) >= 11 is 6.21. The maximum Gasteiger partial charge on any atom is 0.185 e. The molecule has 0 bridgehead atoms. The zero-order chi connectivity index (χ0) is 14.0. The SMILES string of the molecule is CCC(C)(C)Cn1nnnc1-c1c(N)cccc1Cl. The predicted octanol–water partition coefficient (Wildman–Crippen LogP) is 3.01. The number of rotatable bonds is 4. The van der Waals surface area contributed by atoms with Crippen molar-refractivity contribution in [2.24, 2.45) is 5.41 Å².